The molecule has 2 heteroatoms. The molecule has 0 aliphatic heterocycles. The van der Waals surface area contributed by atoms with Crippen molar-refractivity contribution in [2.45, 2.75) is 0 Å². The van der Waals surface area contributed by atoms with E-state index in [4.69, 9.17) is 0 Å². The minimum Gasteiger partial charge on any atom is -0.150 e. The van der Waals surface area contributed by atoms with Crippen LogP contribution in [0, 0.1) is 0 Å². The summed E-state index contributed by atoms with van der Waals surface area (Å²) in [7, 11) is 0. The first-order chi connectivity index (χ1) is 13.9. The SMILES string of the molecule is c1ccc(-c2cc(-c3ccc4ccccc4c3)c(-c3ccccc3)nn2)cc1. The summed E-state index contributed by atoms with van der Waals surface area (Å²) in [5.74, 6) is 0. The number of hydrogen-bond donors (Lipinski definition) is 0. The Hall–Kier alpha value is -3.78. The molecule has 5 aromatic rings. The van der Waals surface area contributed by atoms with Crippen LogP contribution < -0.4 is 0 Å². The van der Waals surface area contributed by atoms with Crippen molar-refractivity contribution >= 4 is 10.8 Å². The molecule has 0 bridgehead atoms. The standard InChI is InChI=1S/C26H18N2/c1-3-10-20(11-4-1)25-18-24(26(28-27-25)21-12-5-2-6-13-21)23-16-15-19-9-7-8-14-22(19)17-23/h1-18H. The highest BCUT2D eigenvalue weighted by molar-refractivity contribution is 5.91. The molecular weight excluding hydrogens is 340 g/mol. The third-order valence-corrected chi connectivity index (χ3v) is 4.97. The highest BCUT2D eigenvalue weighted by Crippen LogP contribution is 2.34. The van der Waals surface area contributed by atoms with E-state index < -0.39 is 0 Å². The predicted octanol–water partition coefficient (Wildman–Crippen LogP) is 6.63. The van der Waals surface area contributed by atoms with E-state index in [1.807, 2.05) is 36.4 Å². The zero-order valence-corrected chi connectivity index (χ0v) is 15.3. The van der Waals surface area contributed by atoms with Crippen molar-refractivity contribution in [1.82, 2.24) is 10.2 Å². The fourth-order valence-corrected chi connectivity index (χ4v) is 3.53. The van der Waals surface area contributed by atoms with Crippen molar-refractivity contribution in [3.63, 3.8) is 0 Å². The van der Waals surface area contributed by atoms with Crippen LogP contribution in [0.25, 0.3) is 44.4 Å². The molecule has 2 nitrogen and oxygen atoms in total. The van der Waals surface area contributed by atoms with Crippen molar-refractivity contribution in [3.05, 3.63) is 109 Å². The average Bonchev–Trinajstić information content (AvgIpc) is 2.79. The molecule has 0 spiro atoms. The summed E-state index contributed by atoms with van der Waals surface area (Å²) >= 11 is 0. The summed E-state index contributed by atoms with van der Waals surface area (Å²) in [6.45, 7) is 0. The number of fused-ring (bicyclic) bond motifs is 1. The van der Waals surface area contributed by atoms with Gasteiger partial charge >= 0.3 is 0 Å². The largest absolute Gasteiger partial charge is 0.150 e. The van der Waals surface area contributed by atoms with Crippen LogP contribution in [0.15, 0.2) is 109 Å². The van der Waals surface area contributed by atoms with Crippen molar-refractivity contribution < 1.29 is 0 Å². The van der Waals surface area contributed by atoms with Gasteiger partial charge in [-0.05, 0) is 28.5 Å². The van der Waals surface area contributed by atoms with E-state index in [-0.39, 0.29) is 0 Å². The second-order valence-corrected chi connectivity index (χ2v) is 6.79. The van der Waals surface area contributed by atoms with E-state index in [2.05, 4.69) is 83.0 Å². The van der Waals surface area contributed by atoms with E-state index in [0.29, 0.717) is 0 Å². The monoisotopic (exact) mass is 358 g/mol. The van der Waals surface area contributed by atoms with Gasteiger partial charge in [-0.2, -0.15) is 0 Å². The predicted molar refractivity (Wildman–Crippen MR) is 116 cm³/mol. The molecular formula is C26H18N2. The summed E-state index contributed by atoms with van der Waals surface area (Å²) in [6, 6.07) is 37.6. The molecule has 1 aromatic heterocycles. The number of hydrogen-bond acceptors (Lipinski definition) is 2. The lowest BCUT2D eigenvalue weighted by Gasteiger charge is -2.12. The topological polar surface area (TPSA) is 25.8 Å². The Morgan fingerprint density at radius 2 is 1.07 bits per heavy atom. The van der Waals surface area contributed by atoms with Gasteiger partial charge in [-0.1, -0.05) is 97.1 Å². The normalized spacial score (nSPS) is 10.9. The lowest BCUT2D eigenvalue weighted by atomic mass is 9.96. The van der Waals surface area contributed by atoms with Gasteiger partial charge < -0.3 is 0 Å². The lowest BCUT2D eigenvalue weighted by molar-refractivity contribution is 1.05. The van der Waals surface area contributed by atoms with Crippen LogP contribution in [-0.2, 0) is 0 Å². The molecule has 0 aliphatic carbocycles. The quantitative estimate of drug-likeness (QED) is 0.362. The van der Waals surface area contributed by atoms with Gasteiger partial charge in [0.15, 0.2) is 0 Å². The van der Waals surface area contributed by atoms with Crippen LogP contribution in [0.3, 0.4) is 0 Å². The Kier molecular flexibility index (Phi) is 4.15. The highest BCUT2D eigenvalue weighted by Gasteiger charge is 2.13. The number of rotatable bonds is 3. The van der Waals surface area contributed by atoms with E-state index in [0.717, 1.165) is 33.6 Å². The van der Waals surface area contributed by atoms with E-state index >= 15 is 0 Å². The van der Waals surface area contributed by atoms with Crippen LogP contribution in [0.4, 0.5) is 0 Å². The second kappa shape index (κ2) is 7.09. The molecule has 132 valence electrons. The molecule has 28 heavy (non-hydrogen) atoms. The molecule has 0 amide bonds. The molecule has 4 aromatic carbocycles. The maximum absolute atomic E-state index is 4.63. The molecule has 0 N–H and O–H groups in total. The third-order valence-electron chi connectivity index (χ3n) is 4.97. The number of benzene rings is 4. The van der Waals surface area contributed by atoms with E-state index in [1.54, 1.807) is 0 Å². The molecule has 5 rings (SSSR count). The Labute approximate surface area is 164 Å². The van der Waals surface area contributed by atoms with Gasteiger partial charge in [0.05, 0.1) is 5.69 Å². The Bertz CT molecular complexity index is 1250. The molecule has 0 radical (unpaired) electrons. The Balaban J connectivity index is 1.74. The van der Waals surface area contributed by atoms with Crippen molar-refractivity contribution in [3.8, 4) is 33.6 Å². The van der Waals surface area contributed by atoms with Gasteiger partial charge in [-0.25, -0.2) is 0 Å². The van der Waals surface area contributed by atoms with E-state index in [1.165, 1.54) is 10.8 Å². The summed E-state index contributed by atoms with van der Waals surface area (Å²) in [4.78, 5) is 0. The third kappa shape index (κ3) is 3.06. The zero-order chi connectivity index (χ0) is 18.8. The van der Waals surface area contributed by atoms with Gasteiger partial charge in [0, 0.05) is 16.7 Å². The van der Waals surface area contributed by atoms with Crippen LogP contribution in [-0.4, -0.2) is 10.2 Å². The summed E-state index contributed by atoms with van der Waals surface area (Å²) < 4.78 is 0. The molecule has 0 saturated carbocycles. The highest BCUT2D eigenvalue weighted by atomic mass is 15.1. The first-order valence-corrected chi connectivity index (χ1v) is 9.36. The fraction of sp³-hybridized carbons (Fsp3) is 0. The minimum atomic E-state index is 0.878. The van der Waals surface area contributed by atoms with Crippen LogP contribution in [0.2, 0.25) is 0 Å². The second-order valence-electron chi connectivity index (χ2n) is 6.79. The van der Waals surface area contributed by atoms with Gasteiger partial charge in [0.2, 0.25) is 0 Å². The van der Waals surface area contributed by atoms with Crippen LogP contribution in [0.5, 0.6) is 0 Å². The molecule has 1 heterocycles. The lowest BCUT2D eigenvalue weighted by Crippen LogP contribution is -1.95. The Morgan fingerprint density at radius 3 is 1.82 bits per heavy atom. The van der Waals surface area contributed by atoms with Gasteiger partial charge in [0.1, 0.15) is 5.69 Å². The maximum atomic E-state index is 4.63. The van der Waals surface area contributed by atoms with Gasteiger partial charge in [0.25, 0.3) is 0 Å². The zero-order valence-electron chi connectivity index (χ0n) is 15.3. The summed E-state index contributed by atoms with van der Waals surface area (Å²) in [5.41, 5.74) is 6.14. The van der Waals surface area contributed by atoms with Crippen LogP contribution in [0.1, 0.15) is 0 Å². The van der Waals surface area contributed by atoms with Gasteiger partial charge in [-0.3, -0.25) is 0 Å². The van der Waals surface area contributed by atoms with Crippen LogP contribution >= 0.6 is 0 Å². The summed E-state index contributed by atoms with van der Waals surface area (Å²) in [6.07, 6.45) is 0. The number of aromatic nitrogens is 2. The fourth-order valence-electron chi connectivity index (χ4n) is 3.53. The minimum absolute atomic E-state index is 0.878. The van der Waals surface area contributed by atoms with E-state index in [9.17, 15) is 0 Å². The molecule has 0 unspecified atom stereocenters. The molecule has 0 atom stereocenters. The molecule has 0 fully saturated rings. The smallest absolute Gasteiger partial charge is 0.101 e. The van der Waals surface area contributed by atoms with Crippen molar-refractivity contribution in [2.75, 3.05) is 0 Å². The first kappa shape index (κ1) is 16.4. The Morgan fingerprint density at radius 1 is 0.429 bits per heavy atom. The molecule has 0 aliphatic rings. The average molecular weight is 358 g/mol. The first-order valence-electron chi connectivity index (χ1n) is 9.36. The maximum Gasteiger partial charge on any atom is 0.101 e. The van der Waals surface area contributed by atoms with Gasteiger partial charge in [-0.15, -0.1) is 10.2 Å². The summed E-state index contributed by atoms with van der Waals surface area (Å²) in [5, 5.41) is 11.6. The number of nitrogens with zero attached hydrogens (tertiary/aromatic N) is 2. The molecule has 0 saturated heterocycles. The van der Waals surface area contributed by atoms with Crippen molar-refractivity contribution in [2.24, 2.45) is 0 Å². The van der Waals surface area contributed by atoms with Crippen molar-refractivity contribution in [1.29, 1.82) is 0 Å².